The van der Waals surface area contributed by atoms with Crippen LogP contribution in [-0.2, 0) is 16.1 Å². The van der Waals surface area contributed by atoms with Crippen LogP contribution in [0.2, 0.25) is 0 Å². The fraction of sp³-hybridized carbons (Fsp3) is 0.333. The van der Waals surface area contributed by atoms with Crippen molar-refractivity contribution < 1.29 is 18.8 Å². The third-order valence-electron chi connectivity index (χ3n) is 3.97. The largest absolute Gasteiger partial charge is 0.442 e. The number of halogens is 1. The molecule has 130 valence electrons. The average Bonchev–Trinajstić information content (AvgIpc) is 3.25. The molecule has 2 aliphatic rings. The standard InChI is InChI=1S/C15H15FN6O3/c16-13-7-11(1-2-14(13)20-5-6-24-18-10-20)22-9-12(25-15(22)23)8-21-4-3-17-19-21/h1-4,7,10,12H,5-6,8-9H2/t12-/m0/s1. The SMILES string of the molecule is O=C1O[C@@H](Cn2ccnn2)CN1c1ccc(N2C=NOCC2)c(F)c1. The van der Waals surface area contributed by atoms with E-state index >= 15 is 0 Å². The van der Waals surface area contributed by atoms with Gasteiger partial charge in [-0.3, -0.25) is 4.90 Å². The van der Waals surface area contributed by atoms with Gasteiger partial charge in [-0.15, -0.1) is 5.10 Å². The molecular weight excluding hydrogens is 331 g/mol. The average molecular weight is 346 g/mol. The summed E-state index contributed by atoms with van der Waals surface area (Å²) in [5.74, 6) is -0.446. The van der Waals surface area contributed by atoms with Crippen LogP contribution in [0, 0.1) is 5.82 Å². The molecule has 1 aromatic carbocycles. The summed E-state index contributed by atoms with van der Waals surface area (Å²) in [7, 11) is 0. The van der Waals surface area contributed by atoms with Gasteiger partial charge in [-0.25, -0.2) is 13.9 Å². The molecule has 0 bridgehead atoms. The second kappa shape index (κ2) is 6.38. The zero-order valence-corrected chi connectivity index (χ0v) is 13.2. The third-order valence-corrected chi connectivity index (χ3v) is 3.97. The lowest BCUT2D eigenvalue weighted by Gasteiger charge is -2.23. The van der Waals surface area contributed by atoms with Crippen LogP contribution in [-0.4, -0.2) is 53.2 Å². The second-order valence-electron chi connectivity index (χ2n) is 5.62. The Kier molecular flexibility index (Phi) is 3.92. The number of aromatic nitrogens is 3. The van der Waals surface area contributed by atoms with Crippen LogP contribution >= 0.6 is 0 Å². The molecule has 2 aromatic rings. The van der Waals surface area contributed by atoms with Crippen LogP contribution in [0.1, 0.15) is 0 Å². The van der Waals surface area contributed by atoms with E-state index in [-0.39, 0.29) is 6.10 Å². The fourth-order valence-corrected chi connectivity index (χ4v) is 2.79. The molecule has 0 spiro atoms. The first-order chi connectivity index (χ1) is 12.2. The first kappa shape index (κ1) is 15.4. The van der Waals surface area contributed by atoms with Gasteiger partial charge in [0.15, 0.2) is 0 Å². The van der Waals surface area contributed by atoms with Crippen molar-refractivity contribution in [2.75, 3.05) is 29.5 Å². The predicted molar refractivity (Wildman–Crippen MR) is 85.8 cm³/mol. The zero-order valence-electron chi connectivity index (χ0n) is 13.2. The third kappa shape index (κ3) is 3.10. The number of anilines is 2. The topological polar surface area (TPSA) is 85.1 Å². The van der Waals surface area contributed by atoms with Gasteiger partial charge in [-0.2, -0.15) is 0 Å². The van der Waals surface area contributed by atoms with Crippen molar-refractivity contribution in [1.82, 2.24) is 15.0 Å². The van der Waals surface area contributed by atoms with Crippen LogP contribution in [0.3, 0.4) is 0 Å². The van der Waals surface area contributed by atoms with Crippen molar-refractivity contribution >= 4 is 23.8 Å². The van der Waals surface area contributed by atoms with E-state index in [1.165, 1.54) is 17.3 Å². The number of oxime groups is 1. The molecule has 1 aromatic heterocycles. The highest BCUT2D eigenvalue weighted by Gasteiger charge is 2.33. The van der Waals surface area contributed by atoms with Gasteiger partial charge in [0.1, 0.15) is 24.9 Å². The van der Waals surface area contributed by atoms with Crippen molar-refractivity contribution in [1.29, 1.82) is 0 Å². The van der Waals surface area contributed by atoms with Gasteiger partial charge in [-0.1, -0.05) is 10.4 Å². The second-order valence-corrected chi connectivity index (χ2v) is 5.62. The van der Waals surface area contributed by atoms with Gasteiger partial charge >= 0.3 is 6.09 Å². The summed E-state index contributed by atoms with van der Waals surface area (Å²) in [6.07, 6.45) is 3.79. The highest BCUT2D eigenvalue weighted by Crippen LogP contribution is 2.28. The van der Waals surface area contributed by atoms with E-state index in [2.05, 4.69) is 15.5 Å². The highest BCUT2D eigenvalue weighted by molar-refractivity contribution is 5.90. The molecule has 3 heterocycles. The van der Waals surface area contributed by atoms with Crippen molar-refractivity contribution in [3.05, 3.63) is 36.4 Å². The van der Waals surface area contributed by atoms with Crippen molar-refractivity contribution in [3.63, 3.8) is 0 Å². The molecule has 0 radical (unpaired) electrons. The summed E-state index contributed by atoms with van der Waals surface area (Å²) in [6, 6.07) is 4.61. The summed E-state index contributed by atoms with van der Waals surface area (Å²) < 4.78 is 21.4. The van der Waals surface area contributed by atoms with E-state index in [1.807, 2.05) is 0 Å². The minimum absolute atomic E-state index is 0.316. The number of carbonyl (C=O) groups is 1. The minimum Gasteiger partial charge on any atom is -0.442 e. The number of rotatable bonds is 4. The van der Waals surface area contributed by atoms with E-state index in [0.717, 1.165) is 0 Å². The Labute approximate surface area is 142 Å². The Balaban J connectivity index is 1.49. The predicted octanol–water partition coefficient (Wildman–Crippen LogP) is 1.22. The number of nitrogens with zero attached hydrogens (tertiary/aromatic N) is 6. The fourth-order valence-electron chi connectivity index (χ4n) is 2.79. The minimum atomic E-state index is -0.509. The van der Waals surface area contributed by atoms with Gasteiger partial charge in [-0.05, 0) is 18.2 Å². The number of carbonyl (C=O) groups excluding carboxylic acids is 1. The maximum Gasteiger partial charge on any atom is 0.414 e. The lowest BCUT2D eigenvalue weighted by Crippen LogP contribution is -2.30. The smallest absolute Gasteiger partial charge is 0.414 e. The maximum atomic E-state index is 14.5. The quantitative estimate of drug-likeness (QED) is 0.828. The Hall–Kier alpha value is -3.17. The van der Waals surface area contributed by atoms with Crippen molar-refractivity contribution in [2.24, 2.45) is 5.16 Å². The number of hydrogen-bond donors (Lipinski definition) is 0. The molecule has 2 aliphatic heterocycles. The summed E-state index contributed by atoms with van der Waals surface area (Å²) in [4.78, 5) is 20.0. The first-order valence-corrected chi connectivity index (χ1v) is 7.74. The Morgan fingerprint density at radius 3 is 3.00 bits per heavy atom. The number of amides is 1. The summed E-state index contributed by atoms with van der Waals surface area (Å²) in [5, 5.41) is 11.2. The van der Waals surface area contributed by atoms with Crippen LogP contribution < -0.4 is 9.80 Å². The number of hydrogen-bond acceptors (Lipinski definition) is 7. The van der Waals surface area contributed by atoms with Crippen LogP contribution in [0.4, 0.5) is 20.6 Å². The molecule has 0 N–H and O–H groups in total. The van der Waals surface area contributed by atoms with Crippen LogP contribution in [0.15, 0.2) is 35.7 Å². The molecule has 9 nitrogen and oxygen atoms in total. The molecular formula is C15H15FN6O3. The summed E-state index contributed by atoms with van der Waals surface area (Å²) in [5.41, 5.74) is 0.820. The Morgan fingerprint density at radius 1 is 1.36 bits per heavy atom. The van der Waals surface area contributed by atoms with E-state index in [1.54, 1.807) is 34.1 Å². The van der Waals surface area contributed by atoms with Gasteiger partial charge < -0.3 is 14.5 Å². The van der Waals surface area contributed by atoms with Crippen molar-refractivity contribution in [3.8, 4) is 0 Å². The number of cyclic esters (lactones) is 1. The van der Waals surface area contributed by atoms with Gasteiger partial charge in [0.2, 0.25) is 0 Å². The Morgan fingerprint density at radius 2 is 2.28 bits per heavy atom. The van der Waals surface area contributed by atoms with E-state index in [0.29, 0.717) is 37.6 Å². The van der Waals surface area contributed by atoms with E-state index in [4.69, 9.17) is 9.57 Å². The Bertz CT molecular complexity index is 797. The molecule has 0 aliphatic carbocycles. The molecule has 1 atom stereocenters. The summed E-state index contributed by atoms with van der Waals surface area (Å²) >= 11 is 0. The van der Waals surface area contributed by atoms with Gasteiger partial charge in [0.05, 0.1) is 37.2 Å². The maximum absolute atomic E-state index is 14.5. The molecule has 1 saturated heterocycles. The van der Waals surface area contributed by atoms with Gasteiger partial charge in [0, 0.05) is 6.20 Å². The molecule has 0 unspecified atom stereocenters. The first-order valence-electron chi connectivity index (χ1n) is 7.74. The monoisotopic (exact) mass is 346 g/mol. The summed E-state index contributed by atoms with van der Waals surface area (Å²) in [6.45, 7) is 1.61. The van der Waals surface area contributed by atoms with Gasteiger partial charge in [0.25, 0.3) is 0 Å². The molecule has 25 heavy (non-hydrogen) atoms. The van der Waals surface area contributed by atoms with Crippen LogP contribution in [0.25, 0.3) is 0 Å². The number of benzene rings is 1. The lowest BCUT2D eigenvalue weighted by molar-refractivity contribution is 0.129. The number of ether oxygens (including phenoxy) is 1. The van der Waals surface area contributed by atoms with Crippen LogP contribution in [0.5, 0.6) is 0 Å². The molecule has 4 rings (SSSR count). The molecule has 10 heteroatoms. The molecule has 1 amide bonds. The molecule has 1 fully saturated rings. The molecule has 0 saturated carbocycles. The lowest BCUT2D eigenvalue weighted by atomic mass is 10.2. The normalized spacial score (nSPS) is 19.9. The van der Waals surface area contributed by atoms with Crippen molar-refractivity contribution in [2.45, 2.75) is 12.6 Å². The van der Waals surface area contributed by atoms with E-state index in [9.17, 15) is 9.18 Å². The van der Waals surface area contributed by atoms with E-state index < -0.39 is 11.9 Å². The highest BCUT2D eigenvalue weighted by atomic mass is 19.1. The zero-order chi connectivity index (χ0) is 17.2.